The van der Waals surface area contributed by atoms with Crippen molar-refractivity contribution in [2.75, 3.05) is 19.6 Å². The summed E-state index contributed by atoms with van der Waals surface area (Å²) in [4.78, 5) is 14.4. The van der Waals surface area contributed by atoms with Gasteiger partial charge >= 0.3 is 0 Å². The Morgan fingerprint density at radius 2 is 2.05 bits per heavy atom. The number of carbonyl (C=O) groups is 1. The first kappa shape index (κ1) is 15.6. The van der Waals surface area contributed by atoms with Gasteiger partial charge in [-0.15, -0.1) is 0 Å². The van der Waals surface area contributed by atoms with Crippen LogP contribution in [0.15, 0.2) is 18.2 Å². The summed E-state index contributed by atoms with van der Waals surface area (Å²) in [6.45, 7) is 4.37. The zero-order valence-corrected chi connectivity index (χ0v) is 13.2. The Balaban J connectivity index is 2.12. The molecule has 1 fully saturated rings. The third kappa shape index (κ3) is 3.66. The van der Waals surface area contributed by atoms with Gasteiger partial charge in [-0.05, 0) is 38.4 Å². The van der Waals surface area contributed by atoms with Crippen molar-refractivity contribution in [3.63, 3.8) is 0 Å². The Kier molecular flexibility index (Phi) is 5.70. The molecule has 5 heteroatoms. The lowest BCUT2D eigenvalue weighted by Crippen LogP contribution is -2.45. The van der Waals surface area contributed by atoms with Crippen molar-refractivity contribution in [2.24, 2.45) is 0 Å². The maximum Gasteiger partial charge on any atom is 0.256 e. The molecule has 0 aliphatic carbocycles. The van der Waals surface area contributed by atoms with Crippen molar-refractivity contribution in [1.82, 2.24) is 10.2 Å². The average Bonchev–Trinajstić information content (AvgIpc) is 2.45. The molecule has 0 bridgehead atoms. The number of halogens is 2. The Labute approximate surface area is 130 Å². The molecule has 1 atom stereocenters. The van der Waals surface area contributed by atoms with Gasteiger partial charge in [0.1, 0.15) is 0 Å². The fourth-order valence-corrected chi connectivity index (χ4v) is 3.12. The monoisotopic (exact) mass is 314 g/mol. The van der Waals surface area contributed by atoms with E-state index in [1.54, 1.807) is 18.2 Å². The van der Waals surface area contributed by atoms with E-state index in [0.29, 0.717) is 34.7 Å². The van der Waals surface area contributed by atoms with Gasteiger partial charge in [0, 0.05) is 19.1 Å². The van der Waals surface area contributed by atoms with E-state index >= 15 is 0 Å². The smallest absolute Gasteiger partial charge is 0.256 e. The van der Waals surface area contributed by atoms with Crippen molar-refractivity contribution in [3.8, 4) is 0 Å². The summed E-state index contributed by atoms with van der Waals surface area (Å²) in [5.74, 6) is -0.0875. The molecule has 20 heavy (non-hydrogen) atoms. The lowest BCUT2D eigenvalue weighted by molar-refractivity contribution is 0.0742. The van der Waals surface area contributed by atoms with Gasteiger partial charge in [-0.3, -0.25) is 4.79 Å². The van der Waals surface area contributed by atoms with E-state index in [2.05, 4.69) is 5.32 Å². The predicted octanol–water partition coefficient (Wildman–Crippen LogP) is 3.60. The molecular formula is C15H20Cl2N2O. The molecular weight excluding hydrogens is 295 g/mol. The van der Waals surface area contributed by atoms with Crippen LogP contribution in [0, 0.1) is 0 Å². The topological polar surface area (TPSA) is 32.3 Å². The number of piperidine rings is 1. The standard InChI is InChI=1S/C15H20Cl2N2O/c1-2-19(10-11-6-3-4-9-18-11)15(20)14-12(16)7-5-8-13(14)17/h5,7-8,11,18H,2-4,6,9-10H2,1H3. The Bertz CT molecular complexity index is 453. The van der Waals surface area contributed by atoms with E-state index in [4.69, 9.17) is 23.2 Å². The van der Waals surface area contributed by atoms with Gasteiger partial charge in [0.05, 0.1) is 15.6 Å². The van der Waals surface area contributed by atoms with Crippen LogP contribution in [0.25, 0.3) is 0 Å². The number of nitrogens with one attached hydrogen (secondary N) is 1. The van der Waals surface area contributed by atoms with Crippen LogP contribution < -0.4 is 5.32 Å². The van der Waals surface area contributed by atoms with Crippen LogP contribution in [0.4, 0.5) is 0 Å². The number of amides is 1. The van der Waals surface area contributed by atoms with E-state index in [-0.39, 0.29) is 5.91 Å². The zero-order chi connectivity index (χ0) is 14.5. The van der Waals surface area contributed by atoms with Crippen molar-refractivity contribution < 1.29 is 4.79 Å². The second-order valence-corrected chi connectivity index (χ2v) is 5.90. The van der Waals surface area contributed by atoms with Gasteiger partial charge in [-0.2, -0.15) is 0 Å². The molecule has 0 saturated carbocycles. The van der Waals surface area contributed by atoms with Crippen LogP contribution in [0.1, 0.15) is 36.5 Å². The van der Waals surface area contributed by atoms with Gasteiger partial charge in [0.25, 0.3) is 5.91 Å². The maximum atomic E-state index is 12.6. The minimum atomic E-state index is -0.0875. The highest BCUT2D eigenvalue weighted by molar-refractivity contribution is 6.39. The zero-order valence-electron chi connectivity index (χ0n) is 11.7. The Hall–Kier alpha value is -0.770. The normalized spacial score (nSPS) is 18.9. The first-order valence-corrected chi connectivity index (χ1v) is 7.85. The molecule has 3 nitrogen and oxygen atoms in total. The quantitative estimate of drug-likeness (QED) is 0.921. The van der Waals surface area contributed by atoms with Gasteiger partial charge in [-0.25, -0.2) is 0 Å². The van der Waals surface area contributed by atoms with Gasteiger partial charge in [-0.1, -0.05) is 35.7 Å². The first-order chi connectivity index (χ1) is 9.63. The molecule has 1 unspecified atom stereocenters. The third-order valence-electron chi connectivity index (χ3n) is 3.70. The summed E-state index contributed by atoms with van der Waals surface area (Å²) < 4.78 is 0. The lowest BCUT2D eigenvalue weighted by Gasteiger charge is -2.30. The first-order valence-electron chi connectivity index (χ1n) is 7.10. The molecule has 2 rings (SSSR count). The van der Waals surface area contributed by atoms with E-state index in [9.17, 15) is 4.79 Å². The molecule has 1 saturated heterocycles. The van der Waals surface area contributed by atoms with E-state index < -0.39 is 0 Å². The summed E-state index contributed by atoms with van der Waals surface area (Å²) in [6, 6.07) is 5.52. The summed E-state index contributed by atoms with van der Waals surface area (Å²) in [6.07, 6.45) is 3.54. The second-order valence-electron chi connectivity index (χ2n) is 5.09. The molecule has 1 amide bonds. The highest BCUT2D eigenvalue weighted by atomic mass is 35.5. The van der Waals surface area contributed by atoms with Crippen LogP contribution in [0.5, 0.6) is 0 Å². The number of hydrogen-bond acceptors (Lipinski definition) is 2. The van der Waals surface area contributed by atoms with Gasteiger partial charge in [0.15, 0.2) is 0 Å². The molecule has 0 radical (unpaired) electrons. The number of benzene rings is 1. The molecule has 0 spiro atoms. The largest absolute Gasteiger partial charge is 0.337 e. The highest BCUT2D eigenvalue weighted by Crippen LogP contribution is 2.26. The SMILES string of the molecule is CCN(CC1CCCCN1)C(=O)c1c(Cl)cccc1Cl. The molecule has 1 aliphatic heterocycles. The van der Waals surface area contributed by atoms with E-state index in [1.807, 2.05) is 11.8 Å². The Morgan fingerprint density at radius 1 is 1.35 bits per heavy atom. The summed E-state index contributed by atoms with van der Waals surface area (Å²) in [5.41, 5.74) is 0.411. The van der Waals surface area contributed by atoms with Crippen LogP contribution in [0.3, 0.4) is 0 Å². The lowest BCUT2D eigenvalue weighted by atomic mass is 10.0. The number of nitrogens with zero attached hydrogens (tertiary/aromatic N) is 1. The van der Waals surface area contributed by atoms with Crippen molar-refractivity contribution in [2.45, 2.75) is 32.2 Å². The Morgan fingerprint density at radius 3 is 2.60 bits per heavy atom. The van der Waals surface area contributed by atoms with Crippen LogP contribution >= 0.6 is 23.2 Å². The number of rotatable bonds is 4. The van der Waals surface area contributed by atoms with Crippen LogP contribution in [-0.2, 0) is 0 Å². The summed E-state index contributed by atoms with van der Waals surface area (Å²) >= 11 is 12.2. The fourth-order valence-electron chi connectivity index (χ4n) is 2.56. The third-order valence-corrected chi connectivity index (χ3v) is 4.33. The molecule has 1 aliphatic rings. The van der Waals surface area contributed by atoms with Crippen molar-refractivity contribution in [1.29, 1.82) is 0 Å². The molecule has 1 aromatic rings. The second kappa shape index (κ2) is 7.30. The van der Waals surface area contributed by atoms with Crippen molar-refractivity contribution >= 4 is 29.1 Å². The predicted molar refractivity (Wildman–Crippen MR) is 83.7 cm³/mol. The molecule has 0 aromatic heterocycles. The fraction of sp³-hybridized carbons (Fsp3) is 0.533. The van der Waals surface area contributed by atoms with Crippen molar-refractivity contribution in [3.05, 3.63) is 33.8 Å². The van der Waals surface area contributed by atoms with Crippen LogP contribution in [-0.4, -0.2) is 36.5 Å². The minimum absolute atomic E-state index is 0.0875. The van der Waals surface area contributed by atoms with E-state index in [0.717, 1.165) is 13.0 Å². The van der Waals surface area contributed by atoms with Crippen LogP contribution in [0.2, 0.25) is 10.0 Å². The highest BCUT2D eigenvalue weighted by Gasteiger charge is 2.23. The molecule has 110 valence electrons. The van der Waals surface area contributed by atoms with E-state index in [1.165, 1.54) is 12.8 Å². The maximum absolute atomic E-state index is 12.6. The summed E-state index contributed by atoms with van der Waals surface area (Å²) in [5, 5.41) is 4.29. The number of carbonyl (C=O) groups excluding carboxylic acids is 1. The number of likely N-dealkylation sites (N-methyl/N-ethyl adjacent to an activating group) is 1. The molecule has 1 N–H and O–H groups in total. The average molecular weight is 315 g/mol. The minimum Gasteiger partial charge on any atom is -0.337 e. The summed E-state index contributed by atoms with van der Waals surface area (Å²) in [7, 11) is 0. The molecule has 1 aromatic carbocycles. The van der Waals surface area contributed by atoms with Gasteiger partial charge in [0.2, 0.25) is 0 Å². The number of hydrogen-bond donors (Lipinski definition) is 1. The molecule has 1 heterocycles. The van der Waals surface area contributed by atoms with Gasteiger partial charge < -0.3 is 10.2 Å².